The molecule has 1 fully saturated rings. The summed E-state index contributed by atoms with van der Waals surface area (Å²) in [6.45, 7) is 7.70. The van der Waals surface area contributed by atoms with Gasteiger partial charge in [-0.2, -0.15) is 4.31 Å². The van der Waals surface area contributed by atoms with E-state index in [1.54, 1.807) is 18.2 Å². The van der Waals surface area contributed by atoms with Crippen LogP contribution < -0.4 is 0 Å². The van der Waals surface area contributed by atoms with Crippen LogP contribution in [0.1, 0.15) is 32.2 Å². The zero-order valence-electron chi connectivity index (χ0n) is 19.2. The number of rotatable bonds is 7. The summed E-state index contributed by atoms with van der Waals surface area (Å²) in [5.74, 6) is 0.227. The molecule has 1 aromatic heterocycles. The molecule has 0 unspecified atom stereocenters. The van der Waals surface area contributed by atoms with Crippen molar-refractivity contribution in [3.8, 4) is 0 Å². The lowest BCUT2D eigenvalue weighted by atomic mass is 9.85. The van der Waals surface area contributed by atoms with Gasteiger partial charge in [-0.15, -0.1) is 0 Å². The average molecular weight is 472 g/mol. The lowest BCUT2D eigenvalue weighted by Gasteiger charge is -2.26. The molecule has 2 heterocycles. The summed E-state index contributed by atoms with van der Waals surface area (Å²) in [6.07, 6.45) is 0. The molecule has 0 bridgehead atoms. The molecular weight excluding hydrogens is 442 g/mol. The molecule has 0 spiro atoms. The van der Waals surface area contributed by atoms with E-state index in [4.69, 9.17) is 9.47 Å². The number of hydrogen-bond acceptors (Lipinski definition) is 6. The van der Waals surface area contributed by atoms with Gasteiger partial charge in [-0.05, 0) is 44.5 Å². The van der Waals surface area contributed by atoms with E-state index < -0.39 is 15.4 Å². The number of imidazole rings is 1. The van der Waals surface area contributed by atoms with E-state index >= 15 is 0 Å². The number of benzene rings is 2. The van der Waals surface area contributed by atoms with E-state index in [1.807, 2.05) is 55.7 Å². The highest BCUT2D eigenvalue weighted by atomic mass is 32.2. The fourth-order valence-electron chi connectivity index (χ4n) is 4.00. The number of fused-ring (bicyclic) bond motifs is 1. The number of carbonyl (C=O) groups excluding carboxylic acids is 1. The highest BCUT2D eigenvalue weighted by Gasteiger charge is 2.32. The van der Waals surface area contributed by atoms with Crippen molar-refractivity contribution in [2.24, 2.45) is 0 Å². The van der Waals surface area contributed by atoms with Crippen molar-refractivity contribution in [3.63, 3.8) is 0 Å². The molecule has 0 atom stereocenters. The zero-order valence-corrected chi connectivity index (χ0v) is 20.0. The largest absolute Gasteiger partial charge is 0.457 e. The van der Waals surface area contributed by atoms with E-state index in [-0.39, 0.29) is 17.5 Å². The van der Waals surface area contributed by atoms with E-state index in [1.165, 1.54) is 4.31 Å². The minimum atomic E-state index is -3.62. The Morgan fingerprint density at radius 1 is 1.12 bits per heavy atom. The van der Waals surface area contributed by atoms with Crippen molar-refractivity contribution in [2.45, 2.75) is 44.2 Å². The van der Waals surface area contributed by atoms with E-state index in [0.717, 1.165) is 11.1 Å². The van der Waals surface area contributed by atoms with Crippen molar-refractivity contribution < 1.29 is 22.7 Å². The Kier molecular flexibility index (Phi) is 6.56. The third kappa shape index (κ3) is 4.53. The molecule has 1 saturated heterocycles. The molecule has 0 aliphatic carbocycles. The first kappa shape index (κ1) is 23.4. The number of aryl methyl sites for hydroxylation is 1. The normalized spacial score (nSPS) is 15.6. The van der Waals surface area contributed by atoms with Crippen LogP contribution in [0.3, 0.4) is 0 Å². The maximum absolute atomic E-state index is 13.0. The Bertz CT molecular complexity index is 1250. The molecule has 33 heavy (non-hydrogen) atoms. The van der Waals surface area contributed by atoms with Gasteiger partial charge in [0.1, 0.15) is 12.4 Å². The molecule has 4 rings (SSSR count). The van der Waals surface area contributed by atoms with Crippen LogP contribution in [0.4, 0.5) is 0 Å². The Hall–Kier alpha value is -2.75. The van der Waals surface area contributed by atoms with Gasteiger partial charge in [-0.25, -0.2) is 13.4 Å². The summed E-state index contributed by atoms with van der Waals surface area (Å²) in [5.41, 5.74) is 1.42. The zero-order chi connectivity index (χ0) is 23.6. The third-order valence-corrected chi connectivity index (χ3v) is 7.96. The summed E-state index contributed by atoms with van der Waals surface area (Å²) >= 11 is 0. The fraction of sp³-hybridized carbons (Fsp3) is 0.417. The van der Waals surface area contributed by atoms with Gasteiger partial charge < -0.3 is 14.0 Å². The van der Waals surface area contributed by atoms with Gasteiger partial charge >= 0.3 is 5.97 Å². The first-order valence-corrected chi connectivity index (χ1v) is 12.5. The smallest absolute Gasteiger partial charge is 0.316 e. The third-order valence-electron chi connectivity index (χ3n) is 6.06. The Morgan fingerprint density at radius 2 is 1.82 bits per heavy atom. The molecule has 176 valence electrons. The quantitative estimate of drug-likeness (QED) is 0.492. The SMILES string of the molecule is CCn1c(COC(=O)C(C)(C)c2ccccc2)nc2cc(S(=O)(=O)N3CCOCC3)ccc21. The second kappa shape index (κ2) is 9.24. The monoisotopic (exact) mass is 471 g/mol. The van der Waals surface area contributed by atoms with Crippen molar-refractivity contribution in [1.82, 2.24) is 13.9 Å². The predicted octanol–water partition coefficient (Wildman–Crippen LogP) is 3.10. The molecular formula is C24H29N3O5S. The molecule has 9 heteroatoms. The van der Waals surface area contributed by atoms with Gasteiger partial charge in [0, 0.05) is 19.6 Å². The van der Waals surface area contributed by atoms with Crippen LogP contribution in [0.5, 0.6) is 0 Å². The molecule has 1 aliphatic heterocycles. The number of aromatic nitrogens is 2. The summed E-state index contributed by atoms with van der Waals surface area (Å²) in [5, 5.41) is 0. The second-order valence-electron chi connectivity index (χ2n) is 8.51. The Balaban J connectivity index is 1.58. The Morgan fingerprint density at radius 3 is 2.48 bits per heavy atom. The number of nitrogens with zero attached hydrogens (tertiary/aromatic N) is 3. The van der Waals surface area contributed by atoms with E-state index in [0.29, 0.717) is 44.2 Å². The van der Waals surface area contributed by atoms with E-state index in [2.05, 4.69) is 4.98 Å². The van der Waals surface area contributed by atoms with Crippen LogP contribution in [0.2, 0.25) is 0 Å². The van der Waals surface area contributed by atoms with Crippen molar-refractivity contribution >= 4 is 27.0 Å². The predicted molar refractivity (Wildman–Crippen MR) is 124 cm³/mol. The standard InChI is InChI=1S/C24H29N3O5S/c1-4-27-21-11-10-19(33(29,30)26-12-14-31-15-13-26)16-20(21)25-22(27)17-32-23(28)24(2,3)18-8-6-5-7-9-18/h5-11,16H,4,12-15,17H2,1-3H3. The molecule has 3 aromatic rings. The maximum atomic E-state index is 13.0. The minimum Gasteiger partial charge on any atom is -0.457 e. The van der Waals surface area contributed by atoms with Crippen molar-refractivity contribution in [1.29, 1.82) is 0 Å². The van der Waals surface area contributed by atoms with Crippen LogP contribution in [-0.4, -0.2) is 54.5 Å². The summed E-state index contributed by atoms with van der Waals surface area (Å²) in [4.78, 5) is 17.7. The summed E-state index contributed by atoms with van der Waals surface area (Å²) < 4.78 is 40.3. The highest BCUT2D eigenvalue weighted by Crippen LogP contribution is 2.27. The number of morpholine rings is 1. The summed E-state index contributed by atoms with van der Waals surface area (Å²) in [7, 11) is -3.62. The first-order valence-electron chi connectivity index (χ1n) is 11.0. The van der Waals surface area contributed by atoms with Crippen LogP contribution in [0.15, 0.2) is 53.4 Å². The van der Waals surface area contributed by atoms with Crippen LogP contribution >= 0.6 is 0 Å². The maximum Gasteiger partial charge on any atom is 0.316 e. The average Bonchev–Trinajstić information content (AvgIpc) is 3.20. The molecule has 1 aliphatic rings. The second-order valence-corrected chi connectivity index (χ2v) is 10.4. The topological polar surface area (TPSA) is 90.7 Å². The molecule has 0 N–H and O–H groups in total. The fourth-order valence-corrected chi connectivity index (χ4v) is 5.43. The lowest BCUT2D eigenvalue weighted by molar-refractivity contribution is -0.151. The van der Waals surface area contributed by atoms with Crippen LogP contribution in [0, 0.1) is 0 Å². The molecule has 8 nitrogen and oxygen atoms in total. The van der Waals surface area contributed by atoms with E-state index in [9.17, 15) is 13.2 Å². The Labute approximate surface area is 194 Å². The lowest BCUT2D eigenvalue weighted by Crippen LogP contribution is -2.40. The first-order chi connectivity index (χ1) is 15.7. The number of carbonyl (C=O) groups is 1. The number of hydrogen-bond donors (Lipinski definition) is 0. The van der Waals surface area contributed by atoms with Crippen LogP contribution in [-0.2, 0) is 42.9 Å². The van der Waals surface area contributed by atoms with Gasteiger partial charge in [0.2, 0.25) is 10.0 Å². The molecule has 0 radical (unpaired) electrons. The van der Waals surface area contributed by atoms with Gasteiger partial charge in [0.15, 0.2) is 0 Å². The minimum absolute atomic E-state index is 0.00314. The van der Waals surface area contributed by atoms with Crippen LogP contribution in [0.25, 0.3) is 11.0 Å². The summed E-state index contributed by atoms with van der Waals surface area (Å²) in [6, 6.07) is 14.5. The van der Waals surface area contributed by atoms with Gasteiger partial charge in [-0.1, -0.05) is 30.3 Å². The number of esters is 1. The van der Waals surface area contributed by atoms with Gasteiger partial charge in [0.05, 0.1) is 34.6 Å². The van der Waals surface area contributed by atoms with Crippen molar-refractivity contribution in [3.05, 3.63) is 59.9 Å². The highest BCUT2D eigenvalue weighted by molar-refractivity contribution is 7.89. The van der Waals surface area contributed by atoms with Gasteiger partial charge in [-0.3, -0.25) is 4.79 Å². The van der Waals surface area contributed by atoms with Gasteiger partial charge in [0.25, 0.3) is 0 Å². The van der Waals surface area contributed by atoms with Crippen molar-refractivity contribution in [2.75, 3.05) is 26.3 Å². The molecule has 2 aromatic carbocycles. The molecule has 0 saturated carbocycles. The number of ether oxygens (including phenoxy) is 2. The molecule has 0 amide bonds. The number of sulfonamides is 1.